The van der Waals surface area contributed by atoms with Crippen molar-refractivity contribution in [1.29, 1.82) is 0 Å². The molecule has 2 bridgehead atoms. The minimum Gasteiger partial charge on any atom is -0.394 e. The van der Waals surface area contributed by atoms with Crippen molar-refractivity contribution in [3.05, 3.63) is 54.1 Å². The summed E-state index contributed by atoms with van der Waals surface area (Å²) >= 11 is 0. The zero-order valence-corrected chi connectivity index (χ0v) is 26.8. The summed E-state index contributed by atoms with van der Waals surface area (Å²) in [5.74, 6) is 0.984. The largest absolute Gasteiger partial charge is 0.394 e. The zero-order valence-electron chi connectivity index (χ0n) is 26.8. The zero-order chi connectivity index (χ0) is 30.9. The highest BCUT2D eigenvalue weighted by Gasteiger charge is 2.57. The summed E-state index contributed by atoms with van der Waals surface area (Å²) in [5.41, 5.74) is 4.63. The van der Waals surface area contributed by atoms with Crippen molar-refractivity contribution in [1.82, 2.24) is 15.3 Å². The molecule has 3 saturated carbocycles. The molecule has 3 unspecified atom stereocenters. The molecule has 8 nitrogen and oxygen atoms in total. The Kier molecular flexibility index (Phi) is 9.83. The Hall–Kier alpha value is -2.49. The highest BCUT2D eigenvalue weighted by molar-refractivity contribution is 5.83. The summed E-state index contributed by atoms with van der Waals surface area (Å²) in [6.07, 6.45) is 1.86. The maximum atomic E-state index is 13.9. The van der Waals surface area contributed by atoms with E-state index in [1.54, 1.807) is 12.0 Å². The summed E-state index contributed by atoms with van der Waals surface area (Å²) in [4.78, 5) is 22.3. The normalized spacial score (nSPS) is 30.6. The predicted molar refractivity (Wildman–Crippen MR) is 171 cm³/mol. The third kappa shape index (κ3) is 6.79. The molecule has 2 aromatic rings. The van der Waals surface area contributed by atoms with Gasteiger partial charge in [0.05, 0.1) is 19.3 Å². The SMILES string of the molecule is CC1C(NC(=O)[C@@H]2[C@H]([C@H](C)O)C(CO)ON2Cc2cccc(-c3ccc(NCCCN(C)C)cc3)c2)C[C@@H]2C[C@H]1C2(C)C. The summed E-state index contributed by atoms with van der Waals surface area (Å²) < 4.78 is 0. The average molecular weight is 593 g/mol. The number of rotatable bonds is 12. The number of amides is 1. The molecule has 6 rings (SSSR count). The Labute approximate surface area is 257 Å². The van der Waals surface area contributed by atoms with Crippen molar-refractivity contribution in [2.45, 2.75) is 77.8 Å². The minimum atomic E-state index is -0.810. The van der Waals surface area contributed by atoms with Crippen LogP contribution in [0.15, 0.2) is 48.5 Å². The van der Waals surface area contributed by atoms with Gasteiger partial charge in [-0.15, -0.1) is 0 Å². The molecule has 43 heavy (non-hydrogen) atoms. The number of nitrogens with one attached hydrogen (secondary N) is 2. The fraction of sp³-hybridized carbons (Fsp3) is 0.629. The lowest BCUT2D eigenvalue weighted by atomic mass is 9.45. The van der Waals surface area contributed by atoms with E-state index in [0.29, 0.717) is 29.7 Å². The molecule has 4 aliphatic rings. The summed E-state index contributed by atoms with van der Waals surface area (Å²) in [6, 6.07) is 16.2. The first-order valence-electron chi connectivity index (χ1n) is 16.1. The number of benzene rings is 2. The van der Waals surface area contributed by atoms with Gasteiger partial charge >= 0.3 is 0 Å². The van der Waals surface area contributed by atoms with Gasteiger partial charge in [-0.1, -0.05) is 51.1 Å². The molecule has 1 amide bonds. The van der Waals surface area contributed by atoms with E-state index in [0.717, 1.165) is 48.3 Å². The van der Waals surface area contributed by atoms with E-state index in [1.807, 2.05) is 12.1 Å². The molecule has 0 radical (unpaired) electrons. The van der Waals surface area contributed by atoms with Crippen LogP contribution in [0.2, 0.25) is 0 Å². The van der Waals surface area contributed by atoms with Gasteiger partial charge in [0.15, 0.2) is 0 Å². The molecule has 8 heteroatoms. The Morgan fingerprint density at radius 1 is 1.14 bits per heavy atom. The van der Waals surface area contributed by atoms with E-state index < -0.39 is 24.2 Å². The lowest BCUT2D eigenvalue weighted by Crippen LogP contribution is -2.62. The minimum absolute atomic E-state index is 0.114. The maximum absolute atomic E-state index is 13.9. The first-order chi connectivity index (χ1) is 20.5. The van der Waals surface area contributed by atoms with E-state index in [4.69, 9.17) is 4.84 Å². The highest BCUT2D eigenvalue weighted by atomic mass is 16.7. The van der Waals surface area contributed by atoms with Crippen LogP contribution >= 0.6 is 0 Å². The van der Waals surface area contributed by atoms with Crippen LogP contribution in [0.5, 0.6) is 0 Å². The average Bonchev–Trinajstić information content (AvgIpc) is 3.35. The van der Waals surface area contributed by atoms with Crippen molar-refractivity contribution in [3.63, 3.8) is 0 Å². The molecule has 1 aliphatic heterocycles. The standard InChI is InChI=1S/C35H52N4O4/c1-22-29-18-27(35(29,3)4)19-30(22)37-34(42)33-32(23(2)41)31(21-40)43-39(33)20-24-9-7-10-26(17-24)25-11-13-28(14-12-25)36-15-8-16-38(5)6/h7,9-14,17,22-23,27,29-33,36,40-41H,8,15-16,18-21H2,1-6H3,(H,37,42)/t22?,23-,27-,29+,30?,31?,32+,33-/m0/s1. The van der Waals surface area contributed by atoms with Gasteiger partial charge in [0.2, 0.25) is 5.91 Å². The van der Waals surface area contributed by atoms with Crippen LogP contribution in [0.4, 0.5) is 5.69 Å². The quantitative estimate of drug-likeness (QED) is 0.272. The van der Waals surface area contributed by atoms with Gasteiger partial charge in [0, 0.05) is 24.2 Å². The second kappa shape index (κ2) is 13.2. The Bertz CT molecular complexity index is 1230. The third-order valence-electron chi connectivity index (χ3n) is 10.7. The Morgan fingerprint density at radius 3 is 2.51 bits per heavy atom. The highest BCUT2D eigenvalue weighted by Crippen LogP contribution is 2.61. The van der Waals surface area contributed by atoms with Crippen molar-refractivity contribution in [2.24, 2.45) is 29.1 Å². The van der Waals surface area contributed by atoms with Crippen LogP contribution in [0.3, 0.4) is 0 Å². The second-order valence-electron chi connectivity index (χ2n) is 14.1. The van der Waals surface area contributed by atoms with E-state index in [9.17, 15) is 15.0 Å². The number of aliphatic hydroxyl groups excluding tert-OH is 2. The number of fused-ring (bicyclic) bond motifs is 2. The number of carbonyl (C=O) groups excluding carboxylic acids is 1. The molecule has 1 heterocycles. The van der Waals surface area contributed by atoms with Gasteiger partial charge in [-0.2, -0.15) is 5.06 Å². The number of hydroxylamine groups is 2. The predicted octanol–water partition coefficient (Wildman–Crippen LogP) is 4.38. The van der Waals surface area contributed by atoms with Crippen LogP contribution in [-0.4, -0.2) is 84.2 Å². The Balaban J connectivity index is 1.28. The first kappa shape index (κ1) is 31.9. The topological polar surface area (TPSA) is 97.3 Å². The molecule has 8 atom stereocenters. The summed E-state index contributed by atoms with van der Waals surface area (Å²) in [7, 11) is 4.18. The van der Waals surface area contributed by atoms with Crippen molar-refractivity contribution < 1.29 is 19.8 Å². The second-order valence-corrected chi connectivity index (χ2v) is 14.1. The van der Waals surface area contributed by atoms with Crippen LogP contribution < -0.4 is 10.6 Å². The van der Waals surface area contributed by atoms with E-state index in [1.165, 1.54) is 6.42 Å². The lowest BCUT2D eigenvalue weighted by Gasteiger charge is -2.62. The van der Waals surface area contributed by atoms with Crippen LogP contribution in [0.1, 0.15) is 52.5 Å². The molecule has 3 aliphatic carbocycles. The number of aliphatic hydroxyl groups is 2. The molecule has 0 aromatic heterocycles. The number of carbonyl (C=O) groups is 1. The molecule has 4 fully saturated rings. The van der Waals surface area contributed by atoms with Gasteiger partial charge in [-0.05, 0) is 105 Å². The van der Waals surface area contributed by atoms with E-state index in [2.05, 4.69) is 86.8 Å². The molecule has 2 aromatic carbocycles. The number of nitrogens with zero attached hydrogens (tertiary/aromatic N) is 2. The third-order valence-corrected chi connectivity index (χ3v) is 10.7. The monoisotopic (exact) mass is 592 g/mol. The van der Waals surface area contributed by atoms with Crippen LogP contribution in [0.25, 0.3) is 11.1 Å². The summed E-state index contributed by atoms with van der Waals surface area (Å²) in [6.45, 7) is 10.7. The van der Waals surface area contributed by atoms with E-state index in [-0.39, 0.29) is 18.6 Å². The molecule has 4 N–H and O–H groups in total. The molecule has 1 saturated heterocycles. The molecule has 0 spiro atoms. The van der Waals surface area contributed by atoms with E-state index >= 15 is 0 Å². The van der Waals surface area contributed by atoms with Gasteiger partial charge in [-0.3, -0.25) is 9.63 Å². The van der Waals surface area contributed by atoms with Crippen LogP contribution in [-0.2, 0) is 16.2 Å². The number of hydrogen-bond acceptors (Lipinski definition) is 7. The number of hydrogen-bond donors (Lipinski definition) is 4. The molecular weight excluding hydrogens is 540 g/mol. The van der Waals surface area contributed by atoms with Gasteiger partial charge in [0.25, 0.3) is 0 Å². The summed E-state index contributed by atoms with van der Waals surface area (Å²) in [5, 5.41) is 29.4. The van der Waals surface area contributed by atoms with Gasteiger partial charge in [-0.25, -0.2) is 0 Å². The molecular formula is C35H52N4O4. The fourth-order valence-corrected chi connectivity index (χ4v) is 7.92. The Morgan fingerprint density at radius 2 is 1.88 bits per heavy atom. The van der Waals surface area contributed by atoms with Crippen molar-refractivity contribution in [2.75, 3.05) is 39.1 Å². The van der Waals surface area contributed by atoms with Crippen molar-refractivity contribution in [3.8, 4) is 11.1 Å². The van der Waals surface area contributed by atoms with Crippen molar-refractivity contribution >= 4 is 11.6 Å². The molecule has 236 valence electrons. The van der Waals surface area contributed by atoms with Crippen LogP contribution in [0, 0.1) is 29.1 Å². The van der Waals surface area contributed by atoms with Gasteiger partial charge < -0.3 is 25.7 Å². The lowest BCUT2D eigenvalue weighted by molar-refractivity contribution is -0.183. The number of anilines is 1. The maximum Gasteiger partial charge on any atom is 0.240 e. The fourth-order valence-electron chi connectivity index (χ4n) is 7.92. The smallest absolute Gasteiger partial charge is 0.240 e. The van der Waals surface area contributed by atoms with Gasteiger partial charge in [0.1, 0.15) is 12.1 Å². The first-order valence-corrected chi connectivity index (χ1v) is 16.1.